The number of aryl methyl sites for hydroxylation is 1. The molecule has 2 N–H and O–H groups in total. The first-order chi connectivity index (χ1) is 11.7. The highest BCUT2D eigenvalue weighted by molar-refractivity contribution is 6.08. The third-order valence-electron chi connectivity index (χ3n) is 5.14. The third-order valence-corrected chi connectivity index (χ3v) is 5.14. The maximum atomic E-state index is 9.66. The van der Waals surface area contributed by atoms with E-state index in [4.69, 9.17) is 0 Å². The Labute approximate surface area is 139 Å². The van der Waals surface area contributed by atoms with Gasteiger partial charge in [0.2, 0.25) is 0 Å². The second kappa shape index (κ2) is 4.92. The average molecular weight is 318 g/mol. The molecule has 3 aromatic heterocycles. The summed E-state index contributed by atoms with van der Waals surface area (Å²) in [5, 5.41) is 17.5. The molecular weight excluding hydrogens is 300 g/mol. The molecule has 0 bridgehead atoms. The SMILES string of the molecule is Cn1cc(-c2ccc3cnc4[nH]cc([C@H]5C[C@@H](O)C5)c4c3c2)cn1. The summed E-state index contributed by atoms with van der Waals surface area (Å²) >= 11 is 0. The molecule has 0 spiro atoms. The predicted octanol–water partition coefficient (Wildman–Crippen LogP) is 3.35. The number of aromatic nitrogens is 4. The molecule has 0 saturated heterocycles. The van der Waals surface area contributed by atoms with Crippen LogP contribution < -0.4 is 0 Å². The lowest BCUT2D eigenvalue weighted by molar-refractivity contribution is 0.0751. The number of nitrogens with one attached hydrogen (secondary N) is 1. The lowest BCUT2D eigenvalue weighted by Gasteiger charge is -2.31. The van der Waals surface area contributed by atoms with E-state index in [1.807, 2.05) is 30.3 Å². The summed E-state index contributed by atoms with van der Waals surface area (Å²) in [7, 11) is 1.93. The van der Waals surface area contributed by atoms with Crippen LogP contribution in [0.1, 0.15) is 24.3 Å². The van der Waals surface area contributed by atoms with E-state index in [1.165, 1.54) is 16.3 Å². The Morgan fingerprint density at radius 1 is 1.21 bits per heavy atom. The van der Waals surface area contributed by atoms with Gasteiger partial charge in [0.15, 0.2) is 0 Å². The minimum atomic E-state index is -0.158. The zero-order valence-corrected chi connectivity index (χ0v) is 13.4. The van der Waals surface area contributed by atoms with Crippen LogP contribution in [0.15, 0.2) is 43.0 Å². The molecule has 0 unspecified atom stereocenters. The maximum absolute atomic E-state index is 9.66. The van der Waals surface area contributed by atoms with E-state index >= 15 is 0 Å². The monoisotopic (exact) mass is 318 g/mol. The highest BCUT2D eigenvalue weighted by Gasteiger charge is 2.30. The molecule has 1 aliphatic carbocycles. The minimum absolute atomic E-state index is 0.158. The molecule has 5 rings (SSSR count). The van der Waals surface area contributed by atoms with E-state index in [0.29, 0.717) is 5.92 Å². The Kier molecular flexibility index (Phi) is 2.82. The second-order valence-electron chi connectivity index (χ2n) is 6.75. The lowest BCUT2D eigenvalue weighted by Crippen LogP contribution is -2.26. The number of pyridine rings is 1. The van der Waals surface area contributed by atoms with Crippen molar-refractivity contribution in [3.8, 4) is 11.1 Å². The fourth-order valence-electron chi connectivity index (χ4n) is 3.75. The first-order valence-electron chi connectivity index (χ1n) is 8.26. The van der Waals surface area contributed by atoms with Gasteiger partial charge in [0.1, 0.15) is 5.65 Å². The average Bonchev–Trinajstić information content (AvgIpc) is 3.17. The van der Waals surface area contributed by atoms with Crippen LogP contribution in [0, 0.1) is 0 Å². The van der Waals surface area contributed by atoms with Gasteiger partial charge in [0.05, 0.1) is 12.3 Å². The summed E-state index contributed by atoms with van der Waals surface area (Å²) in [6.07, 6.45) is 9.41. The summed E-state index contributed by atoms with van der Waals surface area (Å²) in [5.74, 6) is 0.420. The Hall–Kier alpha value is -2.66. The topological polar surface area (TPSA) is 66.7 Å². The van der Waals surface area contributed by atoms with Crippen molar-refractivity contribution >= 4 is 21.8 Å². The Morgan fingerprint density at radius 2 is 2.08 bits per heavy atom. The van der Waals surface area contributed by atoms with E-state index in [9.17, 15) is 5.11 Å². The molecule has 0 radical (unpaired) electrons. The molecule has 3 heterocycles. The highest BCUT2D eigenvalue weighted by Crippen LogP contribution is 2.42. The molecule has 1 aromatic carbocycles. The number of aliphatic hydroxyl groups excluding tert-OH is 1. The largest absolute Gasteiger partial charge is 0.393 e. The molecular formula is C19H18N4O. The van der Waals surface area contributed by atoms with Gasteiger partial charge in [-0.05, 0) is 41.3 Å². The van der Waals surface area contributed by atoms with Crippen molar-refractivity contribution in [1.29, 1.82) is 0 Å². The fourth-order valence-corrected chi connectivity index (χ4v) is 3.75. The van der Waals surface area contributed by atoms with E-state index in [0.717, 1.165) is 35.0 Å². The molecule has 24 heavy (non-hydrogen) atoms. The summed E-state index contributed by atoms with van der Waals surface area (Å²) in [4.78, 5) is 7.86. The Morgan fingerprint density at radius 3 is 2.83 bits per heavy atom. The Bertz CT molecular complexity index is 1060. The van der Waals surface area contributed by atoms with Crippen molar-refractivity contribution in [3.05, 3.63) is 48.5 Å². The van der Waals surface area contributed by atoms with Crippen molar-refractivity contribution in [3.63, 3.8) is 0 Å². The predicted molar refractivity (Wildman–Crippen MR) is 93.8 cm³/mol. The number of fused-ring (bicyclic) bond motifs is 3. The zero-order valence-electron chi connectivity index (χ0n) is 13.4. The van der Waals surface area contributed by atoms with Gasteiger partial charge >= 0.3 is 0 Å². The number of aliphatic hydroxyl groups is 1. The van der Waals surface area contributed by atoms with E-state index in [2.05, 4.69) is 39.5 Å². The van der Waals surface area contributed by atoms with Crippen LogP contribution in [0.5, 0.6) is 0 Å². The van der Waals surface area contributed by atoms with Crippen LogP contribution in [0.4, 0.5) is 0 Å². The molecule has 5 heteroatoms. The number of hydrogen-bond donors (Lipinski definition) is 2. The van der Waals surface area contributed by atoms with E-state index < -0.39 is 0 Å². The van der Waals surface area contributed by atoms with Gasteiger partial charge in [0, 0.05) is 42.0 Å². The number of nitrogens with zero attached hydrogens (tertiary/aromatic N) is 3. The summed E-state index contributed by atoms with van der Waals surface area (Å²) < 4.78 is 1.82. The molecule has 0 amide bonds. The number of benzene rings is 1. The van der Waals surface area contributed by atoms with Crippen LogP contribution in [0.3, 0.4) is 0 Å². The quantitative estimate of drug-likeness (QED) is 0.595. The normalized spacial score (nSPS) is 20.6. The van der Waals surface area contributed by atoms with Crippen molar-refractivity contribution in [2.24, 2.45) is 7.05 Å². The van der Waals surface area contributed by atoms with Gasteiger partial charge in [-0.1, -0.05) is 12.1 Å². The van der Waals surface area contributed by atoms with Gasteiger partial charge in [-0.3, -0.25) is 4.68 Å². The molecule has 1 aliphatic rings. The minimum Gasteiger partial charge on any atom is -0.393 e. The van der Waals surface area contributed by atoms with Crippen molar-refractivity contribution in [2.75, 3.05) is 0 Å². The summed E-state index contributed by atoms with van der Waals surface area (Å²) in [6, 6.07) is 6.46. The summed E-state index contributed by atoms with van der Waals surface area (Å²) in [6.45, 7) is 0. The molecule has 5 nitrogen and oxygen atoms in total. The number of aromatic amines is 1. The van der Waals surface area contributed by atoms with Gasteiger partial charge in [-0.25, -0.2) is 4.98 Å². The smallest absolute Gasteiger partial charge is 0.138 e. The zero-order chi connectivity index (χ0) is 16.3. The van der Waals surface area contributed by atoms with Gasteiger partial charge in [-0.15, -0.1) is 0 Å². The maximum Gasteiger partial charge on any atom is 0.138 e. The molecule has 1 fully saturated rings. The Balaban J connectivity index is 1.74. The van der Waals surface area contributed by atoms with Gasteiger partial charge in [-0.2, -0.15) is 5.10 Å². The van der Waals surface area contributed by atoms with Gasteiger partial charge < -0.3 is 10.1 Å². The first-order valence-corrected chi connectivity index (χ1v) is 8.26. The first kappa shape index (κ1) is 13.7. The number of rotatable bonds is 2. The molecule has 1 saturated carbocycles. The molecule has 0 atom stereocenters. The van der Waals surface area contributed by atoms with E-state index in [-0.39, 0.29) is 6.10 Å². The van der Waals surface area contributed by atoms with Crippen LogP contribution in [0.2, 0.25) is 0 Å². The van der Waals surface area contributed by atoms with Crippen molar-refractivity contribution in [2.45, 2.75) is 24.9 Å². The van der Waals surface area contributed by atoms with Gasteiger partial charge in [0.25, 0.3) is 0 Å². The van der Waals surface area contributed by atoms with Crippen molar-refractivity contribution in [1.82, 2.24) is 19.7 Å². The second-order valence-corrected chi connectivity index (χ2v) is 6.75. The van der Waals surface area contributed by atoms with Crippen LogP contribution in [-0.2, 0) is 7.05 Å². The molecule has 0 aliphatic heterocycles. The summed E-state index contributed by atoms with van der Waals surface area (Å²) in [5.41, 5.74) is 4.46. The standard InChI is InChI=1S/C19H18N4O/c1-23-10-14(8-22-23)11-2-3-12-7-20-19-18(16(12)6-11)17(9-21-19)13-4-15(24)5-13/h2-3,6-10,13,15,24H,4-5H2,1H3,(H,20,21)/t13-,15+. The molecule has 4 aromatic rings. The lowest BCUT2D eigenvalue weighted by atomic mass is 9.77. The fraction of sp³-hybridized carbons (Fsp3) is 0.263. The van der Waals surface area contributed by atoms with Crippen molar-refractivity contribution < 1.29 is 5.11 Å². The van der Waals surface area contributed by atoms with Crippen LogP contribution in [-0.4, -0.2) is 31.0 Å². The van der Waals surface area contributed by atoms with Crippen LogP contribution >= 0.6 is 0 Å². The third kappa shape index (κ3) is 1.98. The van der Waals surface area contributed by atoms with Crippen LogP contribution in [0.25, 0.3) is 32.9 Å². The highest BCUT2D eigenvalue weighted by atomic mass is 16.3. The number of H-pyrrole nitrogens is 1. The number of hydrogen-bond acceptors (Lipinski definition) is 3. The van der Waals surface area contributed by atoms with E-state index in [1.54, 1.807) is 0 Å². The molecule has 120 valence electrons.